The number of hydrogen-bond donors (Lipinski definition) is 2. The fourth-order valence-corrected chi connectivity index (χ4v) is 2.98. The summed E-state index contributed by atoms with van der Waals surface area (Å²) in [4.78, 5) is 10.7. The molecule has 5 nitrogen and oxygen atoms in total. The number of carbonyl (C=O) groups is 1. The van der Waals surface area contributed by atoms with Crippen molar-refractivity contribution in [3.05, 3.63) is 57.4 Å². The van der Waals surface area contributed by atoms with Crippen LogP contribution in [0.5, 0.6) is 0 Å². The molecule has 0 unspecified atom stereocenters. The van der Waals surface area contributed by atoms with Crippen molar-refractivity contribution in [2.24, 2.45) is 0 Å². The molecule has 0 atom stereocenters. The number of carboxylic acids is 1. The van der Waals surface area contributed by atoms with Crippen LogP contribution in [-0.2, 0) is 10.0 Å². The Labute approximate surface area is 134 Å². The van der Waals surface area contributed by atoms with E-state index in [1.807, 2.05) is 22.6 Å². The predicted octanol–water partition coefficient (Wildman–Crippen LogP) is 2.93. The van der Waals surface area contributed by atoms with E-state index in [1.54, 1.807) is 12.1 Å². The van der Waals surface area contributed by atoms with E-state index >= 15 is 0 Å². The minimum atomic E-state index is -3.93. The molecule has 0 heterocycles. The molecule has 0 saturated heterocycles. The normalized spacial score (nSPS) is 11.1. The van der Waals surface area contributed by atoms with Crippen LogP contribution in [0, 0.1) is 9.39 Å². The second-order valence-corrected chi connectivity index (χ2v) is 6.99. The Kier molecular flexibility index (Phi) is 4.47. The molecule has 0 amide bonds. The van der Waals surface area contributed by atoms with Gasteiger partial charge in [0, 0.05) is 3.57 Å². The van der Waals surface area contributed by atoms with Gasteiger partial charge in [-0.3, -0.25) is 4.72 Å². The number of aromatic carboxylic acids is 1. The summed E-state index contributed by atoms with van der Waals surface area (Å²) in [5.74, 6) is -2.25. The third kappa shape index (κ3) is 3.70. The second kappa shape index (κ2) is 5.98. The van der Waals surface area contributed by atoms with Gasteiger partial charge in [-0.25, -0.2) is 17.6 Å². The third-order valence-electron chi connectivity index (χ3n) is 2.58. The lowest BCUT2D eigenvalue weighted by atomic mass is 10.2. The van der Waals surface area contributed by atoms with Crippen LogP contribution >= 0.6 is 22.6 Å². The van der Waals surface area contributed by atoms with Crippen molar-refractivity contribution in [3.8, 4) is 0 Å². The molecule has 0 bridgehead atoms. The minimum Gasteiger partial charge on any atom is -0.478 e. The van der Waals surface area contributed by atoms with Gasteiger partial charge in [0.1, 0.15) is 5.82 Å². The highest BCUT2D eigenvalue weighted by Crippen LogP contribution is 2.21. The average Bonchev–Trinajstić information content (AvgIpc) is 2.41. The van der Waals surface area contributed by atoms with Crippen LogP contribution in [0.25, 0.3) is 0 Å². The van der Waals surface area contributed by atoms with E-state index in [0.29, 0.717) is 0 Å². The number of benzene rings is 2. The van der Waals surface area contributed by atoms with E-state index in [1.165, 1.54) is 12.1 Å². The van der Waals surface area contributed by atoms with Crippen LogP contribution in [0.4, 0.5) is 10.1 Å². The molecular weight excluding hydrogens is 412 g/mol. The number of nitrogens with one attached hydrogen (secondary N) is 1. The first-order valence-electron chi connectivity index (χ1n) is 5.61. The zero-order valence-corrected chi connectivity index (χ0v) is 13.4. The van der Waals surface area contributed by atoms with Gasteiger partial charge in [0.25, 0.3) is 10.0 Å². The monoisotopic (exact) mass is 421 g/mol. The summed E-state index contributed by atoms with van der Waals surface area (Å²) in [6.07, 6.45) is 0. The zero-order chi connectivity index (χ0) is 15.6. The lowest BCUT2D eigenvalue weighted by molar-refractivity contribution is 0.0696. The molecule has 2 N–H and O–H groups in total. The van der Waals surface area contributed by atoms with Crippen molar-refractivity contribution >= 4 is 44.3 Å². The van der Waals surface area contributed by atoms with Crippen molar-refractivity contribution in [2.75, 3.05) is 4.72 Å². The summed E-state index contributed by atoms with van der Waals surface area (Å²) in [5.41, 5.74) is -0.566. The molecule has 0 aliphatic heterocycles. The smallest absolute Gasteiger partial charge is 0.335 e. The lowest BCUT2D eigenvalue weighted by Gasteiger charge is -2.09. The maximum Gasteiger partial charge on any atom is 0.335 e. The first-order chi connectivity index (χ1) is 9.79. The molecule has 0 aromatic heterocycles. The van der Waals surface area contributed by atoms with E-state index in [4.69, 9.17) is 5.11 Å². The largest absolute Gasteiger partial charge is 0.478 e. The maximum absolute atomic E-state index is 13.7. The quantitative estimate of drug-likeness (QED) is 0.744. The molecule has 110 valence electrons. The van der Waals surface area contributed by atoms with Gasteiger partial charge in [-0.05, 0) is 65.1 Å². The first kappa shape index (κ1) is 15.7. The maximum atomic E-state index is 13.7. The van der Waals surface area contributed by atoms with Crippen molar-refractivity contribution in [3.63, 3.8) is 0 Å². The Bertz CT molecular complexity index is 790. The third-order valence-corrected chi connectivity index (χ3v) is 4.68. The van der Waals surface area contributed by atoms with Crippen LogP contribution in [0.1, 0.15) is 10.4 Å². The number of sulfonamides is 1. The minimum absolute atomic E-state index is 0.00960. The van der Waals surface area contributed by atoms with E-state index in [2.05, 4.69) is 4.72 Å². The summed E-state index contributed by atoms with van der Waals surface area (Å²) in [5, 5.41) is 8.73. The van der Waals surface area contributed by atoms with Crippen molar-refractivity contribution in [1.82, 2.24) is 0 Å². The Morgan fingerprint density at radius 3 is 2.29 bits per heavy atom. The van der Waals surface area contributed by atoms with E-state index < -0.39 is 21.8 Å². The summed E-state index contributed by atoms with van der Waals surface area (Å²) < 4.78 is 40.9. The van der Waals surface area contributed by atoms with Gasteiger partial charge in [0.05, 0.1) is 16.1 Å². The van der Waals surface area contributed by atoms with Gasteiger partial charge < -0.3 is 5.11 Å². The van der Waals surface area contributed by atoms with Gasteiger partial charge in [0.15, 0.2) is 0 Å². The molecular formula is C13H9FINO4S. The molecule has 0 radical (unpaired) electrons. The van der Waals surface area contributed by atoms with Gasteiger partial charge in [-0.1, -0.05) is 0 Å². The average molecular weight is 421 g/mol. The highest BCUT2D eigenvalue weighted by Gasteiger charge is 2.17. The van der Waals surface area contributed by atoms with Crippen LogP contribution in [0.2, 0.25) is 0 Å². The SMILES string of the molecule is O=C(O)c1ccc(NS(=O)(=O)c2ccc(I)cc2)c(F)c1. The summed E-state index contributed by atoms with van der Waals surface area (Å²) in [7, 11) is -3.93. The molecule has 0 saturated carbocycles. The highest BCUT2D eigenvalue weighted by molar-refractivity contribution is 14.1. The van der Waals surface area contributed by atoms with Crippen molar-refractivity contribution < 1.29 is 22.7 Å². The molecule has 0 aliphatic carbocycles. The Balaban J connectivity index is 2.32. The van der Waals surface area contributed by atoms with Crippen LogP contribution in [-0.4, -0.2) is 19.5 Å². The van der Waals surface area contributed by atoms with Gasteiger partial charge in [-0.15, -0.1) is 0 Å². The standard InChI is InChI=1S/C13H9FINO4S/c14-11-7-8(13(17)18)1-6-12(11)16-21(19,20)10-4-2-9(15)3-5-10/h1-7,16H,(H,17,18). The molecule has 0 fully saturated rings. The van der Waals surface area contributed by atoms with E-state index in [-0.39, 0.29) is 16.1 Å². The number of halogens is 2. The van der Waals surface area contributed by atoms with Crippen molar-refractivity contribution in [1.29, 1.82) is 0 Å². The summed E-state index contributed by atoms with van der Waals surface area (Å²) in [6, 6.07) is 8.97. The van der Waals surface area contributed by atoms with E-state index in [9.17, 15) is 17.6 Å². The van der Waals surface area contributed by atoms with Crippen molar-refractivity contribution in [2.45, 2.75) is 4.90 Å². The predicted molar refractivity (Wildman–Crippen MR) is 83.3 cm³/mol. The molecule has 21 heavy (non-hydrogen) atoms. The molecule has 2 aromatic rings. The number of rotatable bonds is 4. The Hall–Kier alpha value is -1.68. The second-order valence-electron chi connectivity index (χ2n) is 4.06. The van der Waals surface area contributed by atoms with Crippen LogP contribution < -0.4 is 4.72 Å². The molecule has 0 aliphatic rings. The lowest BCUT2D eigenvalue weighted by Crippen LogP contribution is -2.14. The van der Waals surface area contributed by atoms with Gasteiger partial charge in [0.2, 0.25) is 0 Å². The number of carboxylic acid groups (broad SMARTS) is 1. The molecule has 2 rings (SSSR count). The van der Waals surface area contributed by atoms with Crippen LogP contribution in [0.15, 0.2) is 47.4 Å². The first-order valence-corrected chi connectivity index (χ1v) is 8.17. The topological polar surface area (TPSA) is 83.5 Å². The van der Waals surface area contributed by atoms with Gasteiger partial charge >= 0.3 is 5.97 Å². The Morgan fingerprint density at radius 1 is 1.14 bits per heavy atom. The summed E-state index contributed by atoms with van der Waals surface area (Å²) in [6.45, 7) is 0. The Morgan fingerprint density at radius 2 is 1.76 bits per heavy atom. The van der Waals surface area contributed by atoms with Crippen LogP contribution in [0.3, 0.4) is 0 Å². The summed E-state index contributed by atoms with van der Waals surface area (Å²) >= 11 is 2.03. The van der Waals surface area contributed by atoms with E-state index in [0.717, 1.165) is 21.8 Å². The molecule has 0 spiro atoms. The fourth-order valence-electron chi connectivity index (χ4n) is 1.55. The van der Waals surface area contributed by atoms with Gasteiger partial charge in [-0.2, -0.15) is 0 Å². The molecule has 2 aromatic carbocycles. The fraction of sp³-hybridized carbons (Fsp3) is 0. The number of hydrogen-bond acceptors (Lipinski definition) is 3. The molecule has 8 heteroatoms. The zero-order valence-electron chi connectivity index (χ0n) is 10.4. The number of anilines is 1. The highest BCUT2D eigenvalue weighted by atomic mass is 127.